The van der Waals surface area contributed by atoms with Crippen LogP contribution in [0, 0.1) is 6.92 Å². The monoisotopic (exact) mass is 565 g/mol. The SMILES string of the molecule is COc1c(NC(=O)c2ccc(C)c(N3C=C(c4cnc(C5CC5)[nH]4)NN3)c2)cc(C(C)(C)C)cc1NS(C)(=O)=O. The summed E-state index contributed by atoms with van der Waals surface area (Å²) < 4.78 is 32.1. The number of sulfonamides is 1. The molecule has 2 aliphatic rings. The molecule has 0 radical (unpaired) electrons. The number of anilines is 3. The lowest BCUT2D eigenvalue weighted by atomic mass is 9.86. The maximum absolute atomic E-state index is 13.5. The van der Waals surface area contributed by atoms with Gasteiger partial charge in [0.1, 0.15) is 5.82 Å². The minimum absolute atomic E-state index is 0.224. The zero-order valence-electron chi connectivity index (χ0n) is 23.5. The largest absolute Gasteiger partial charge is 0.492 e. The van der Waals surface area contributed by atoms with Crippen LogP contribution in [-0.4, -0.2) is 37.7 Å². The maximum Gasteiger partial charge on any atom is 0.255 e. The Balaban J connectivity index is 1.43. The van der Waals surface area contributed by atoms with E-state index >= 15 is 0 Å². The number of nitrogens with one attached hydrogen (secondary N) is 5. The number of nitrogens with zero attached hydrogens (tertiary/aromatic N) is 2. The van der Waals surface area contributed by atoms with Gasteiger partial charge in [-0.2, -0.15) is 0 Å². The van der Waals surface area contributed by atoms with Gasteiger partial charge >= 0.3 is 0 Å². The van der Waals surface area contributed by atoms with E-state index in [-0.39, 0.29) is 22.8 Å². The second-order valence-corrected chi connectivity index (χ2v) is 13.0. The zero-order chi connectivity index (χ0) is 28.8. The van der Waals surface area contributed by atoms with Crippen molar-refractivity contribution in [2.45, 2.75) is 51.9 Å². The van der Waals surface area contributed by atoms with Crippen LogP contribution >= 0.6 is 0 Å². The third-order valence-corrected chi connectivity index (χ3v) is 7.44. The molecule has 1 saturated carbocycles. The van der Waals surface area contributed by atoms with Gasteiger partial charge < -0.3 is 15.0 Å². The lowest BCUT2D eigenvalue weighted by Crippen LogP contribution is -2.36. The zero-order valence-corrected chi connectivity index (χ0v) is 24.3. The van der Waals surface area contributed by atoms with Gasteiger partial charge in [-0.1, -0.05) is 26.8 Å². The van der Waals surface area contributed by atoms with E-state index in [1.54, 1.807) is 24.3 Å². The van der Waals surface area contributed by atoms with E-state index in [9.17, 15) is 13.2 Å². The van der Waals surface area contributed by atoms with Gasteiger partial charge in [0, 0.05) is 11.5 Å². The fourth-order valence-electron chi connectivity index (χ4n) is 4.47. The van der Waals surface area contributed by atoms with Crippen LogP contribution in [0.15, 0.2) is 42.7 Å². The Morgan fingerprint density at radius 1 is 1.15 bits per heavy atom. The molecule has 0 unspecified atom stereocenters. The Morgan fingerprint density at radius 2 is 1.88 bits per heavy atom. The second-order valence-electron chi connectivity index (χ2n) is 11.3. The van der Waals surface area contributed by atoms with Crippen LogP contribution in [0.1, 0.15) is 72.5 Å². The highest BCUT2D eigenvalue weighted by Crippen LogP contribution is 2.40. The second kappa shape index (κ2) is 10.2. The highest BCUT2D eigenvalue weighted by molar-refractivity contribution is 7.92. The molecule has 12 heteroatoms. The van der Waals surface area contributed by atoms with E-state index in [4.69, 9.17) is 4.74 Å². The van der Waals surface area contributed by atoms with Crippen LogP contribution in [0.25, 0.3) is 5.70 Å². The van der Waals surface area contributed by atoms with Gasteiger partial charge in [-0.05, 0) is 60.6 Å². The summed E-state index contributed by atoms with van der Waals surface area (Å²) in [6.45, 7) is 7.98. The Bertz CT molecular complexity index is 1600. The maximum atomic E-state index is 13.5. The van der Waals surface area contributed by atoms with Crippen LogP contribution in [0.4, 0.5) is 17.1 Å². The minimum Gasteiger partial charge on any atom is -0.492 e. The fourth-order valence-corrected chi connectivity index (χ4v) is 5.02. The first-order valence-electron chi connectivity index (χ1n) is 13.0. The molecule has 212 valence electrons. The van der Waals surface area contributed by atoms with E-state index in [0.717, 1.165) is 40.3 Å². The fraction of sp³-hybridized carbons (Fsp3) is 0.357. The number of carbonyl (C=O) groups is 1. The predicted molar refractivity (Wildman–Crippen MR) is 157 cm³/mol. The first-order valence-corrected chi connectivity index (χ1v) is 14.9. The third-order valence-electron chi connectivity index (χ3n) is 6.85. The number of hydrogen-bond donors (Lipinski definition) is 5. The van der Waals surface area contributed by atoms with Crippen molar-refractivity contribution in [2.24, 2.45) is 0 Å². The van der Waals surface area contributed by atoms with Gasteiger partial charge in [0.2, 0.25) is 10.0 Å². The molecule has 3 aromatic rings. The van der Waals surface area contributed by atoms with E-state index in [1.807, 2.05) is 51.2 Å². The smallest absolute Gasteiger partial charge is 0.255 e. The van der Waals surface area contributed by atoms with Gasteiger partial charge in [-0.15, -0.1) is 5.53 Å². The van der Waals surface area contributed by atoms with Crippen LogP contribution < -0.4 is 30.7 Å². The molecule has 0 spiro atoms. The van der Waals surface area contributed by atoms with Crippen molar-refractivity contribution < 1.29 is 17.9 Å². The Labute approximate surface area is 234 Å². The number of carbonyl (C=O) groups excluding carboxylic acids is 1. The molecular weight excluding hydrogens is 530 g/mol. The van der Waals surface area contributed by atoms with Gasteiger partial charge in [-0.3, -0.25) is 20.0 Å². The van der Waals surface area contributed by atoms with Crippen molar-refractivity contribution >= 4 is 38.7 Å². The van der Waals surface area contributed by atoms with Gasteiger partial charge in [0.05, 0.1) is 54.2 Å². The van der Waals surface area contributed by atoms with Crippen molar-refractivity contribution in [1.82, 2.24) is 20.9 Å². The average molecular weight is 566 g/mol. The van der Waals surface area contributed by atoms with Gasteiger partial charge in [0.25, 0.3) is 5.91 Å². The number of benzene rings is 2. The molecule has 1 fully saturated rings. The summed E-state index contributed by atoms with van der Waals surface area (Å²) in [5, 5.41) is 4.74. The molecule has 2 aromatic carbocycles. The van der Waals surface area contributed by atoms with Crippen LogP contribution in [0.3, 0.4) is 0 Å². The summed E-state index contributed by atoms with van der Waals surface area (Å²) in [5.74, 6) is 1.39. The van der Waals surface area contributed by atoms with Crippen LogP contribution in [0.5, 0.6) is 5.75 Å². The van der Waals surface area contributed by atoms with Crippen molar-refractivity contribution in [3.8, 4) is 5.75 Å². The van der Waals surface area contributed by atoms with E-state index in [0.29, 0.717) is 17.2 Å². The summed E-state index contributed by atoms with van der Waals surface area (Å²) in [7, 11) is -2.15. The molecule has 0 atom stereocenters. The number of amides is 1. The molecule has 1 amide bonds. The summed E-state index contributed by atoms with van der Waals surface area (Å²) in [6.07, 6.45) is 7.13. The van der Waals surface area contributed by atoms with E-state index in [2.05, 4.69) is 31.0 Å². The molecule has 2 heterocycles. The number of imidazole rings is 1. The molecule has 1 aliphatic heterocycles. The highest BCUT2D eigenvalue weighted by atomic mass is 32.2. The van der Waals surface area contributed by atoms with Crippen molar-refractivity contribution in [1.29, 1.82) is 0 Å². The molecule has 5 N–H and O–H groups in total. The molecule has 0 bridgehead atoms. The molecule has 40 heavy (non-hydrogen) atoms. The Morgan fingerprint density at radius 3 is 2.52 bits per heavy atom. The lowest BCUT2D eigenvalue weighted by Gasteiger charge is -2.24. The number of aryl methyl sites for hydroxylation is 1. The molecule has 5 rings (SSSR count). The van der Waals surface area contributed by atoms with Crippen LogP contribution in [0.2, 0.25) is 0 Å². The number of rotatable bonds is 8. The molecule has 11 nitrogen and oxygen atoms in total. The van der Waals surface area contributed by atoms with Gasteiger partial charge in [0.15, 0.2) is 5.75 Å². The normalized spacial score (nSPS) is 15.4. The van der Waals surface area contributed by atoms with Crippen molar-refractivity contribution in [2.75, 3.05) is 28.4 Å². The summed E-state index contributed by atoms with van der Waals surface area (Å²) in [6, 6.07) is 8.94. The first-order chi connectivity index (χ1) is 18.8. The summed E-state index contributed by atoms with van der Waals surface area (Å²) in [4.78, 5) is 21.4. The quantitative estimate of drug-likeness (QED) is 0.272. The van der Waals surface area contributed by atoms with Gasteiger partial charge in [-0.25, -0.2) is 13.4 Å². The Hall–Kier alpha value is -4.03. The van der Waals surface area contributed by atoms with Crippen molar-refractivity contribution in [3.05, 3.63) is 70.9 Å². The molecule has 1 aliphatic carbocycles. The van der Waals surface area contributed by atoms with Crippen molar-refractivity contribution in [3.63, 3.8) is 0 Å². The number of aromatic nitrogens is 2. The third kappa shape index (κ3) is 5.92. The predicted octanol–water partition coefficient (Wildman–Crippen LogP) is 4.35. The number of aromatic amines is 1. The number of hydrogen-bond acceptors (Lipinski definition) is 8. The minimum atomic E-state index is -3.59. The number of hydrazine groups is 2. The standard InChI is InChI=1S/C28H35N7O4S/c1-16-7-8-18(11-24(16)35-15-23(32-34-35)22-14-29-26(30-22)17-9-10-17)27(36)31-20-12-19(28(2,3)4)13-21(25(20)39-5)33-40(6,37)38/h7-8,11-15,17,32-34H,9-10H2,1-6H3,(H,29,30)(H,31,36). The van der Waals surface area contributed by atoms with E-state index in [1.165, 1.54) is 20.0 Å². The molecule has 1 aromatic heterocycles. The van der Waals surface area contributed by atoms with E-state index < -0.39 is 10.0 Å². The highest BCUT2D eigenvalue weighted by Gasteiger charge is 2.28. The Kier molecular flexibility index (Phi) is 7.01. The average Bonchev–Trinajstić information content (AvgIpc) is 3.39. The number of methoxy groups -OCH3 is 1. The lowest BCUT2D eigenvalue weighted by molar-refractivity contribution is 0.102. The summed E-state index contributed by atoms with van der Waals surface area (Å²) in [5.41, 5.74) is 11.3. The first kappa shape index (κ1) is 27.5. The number of H-pyrrole nitrogens is 1. The summed E-state index contributed by atoms with van der Waals surface area (Å²) >= 11 is 0. The topological polar surface area (TPSA) is 140 Å². The number of ether oxygens (including phenoxy) is 1. The van der Waals surface area contributed by atoms with Crippen LogP contribution in [-0.2, 0) is 15.4 Å². The molecular formula is C28H35N7O4S. The molecule has 0 saturated heterocycles.